The fourth-order valence-corrected chi connectivity index (χ4v) is 2.65. The number of benzene rings is 1. The van der Waals surface area contributed by atoms with Crippen molar-refractivity contribution in [1.82, 2.24) is 0 Å². The Bertz CT molecular complexity index is 534. The molecule has 4 nitrogen and oxygen atoms in total. The number of nitrogens with zero attached hydrogens (tertiary/aromatic N) is 1. The van der Waals surface area contributed by atoms with Crippen molar-refractivity contribution in [2.45, 2.75) is 38.1 Å². The molecule has 4 heteroatoms. The summed E-state index contributed by atoms with van der Waals surface area (Å²) in [6, 6.07) is 7.29. The van der Waals surface area contributed by atoms with Crippen molar-refractivity contribution < 1.29 is 14.3 Å². The van der Waals surface area contributed by atoms with Gasteiger partial charge in [0.25, 0.3) is 0 Å². The Morgan fingerprint density at radius 1 is 1.37 bits per heavy atom. The van der Waals surface area contributed by atoms with Crippen LogP contribution in [0.1, 0.15) is 43.0 Å². The topological polar surface area (TPSA) is 46.6 Å². The molecule has 1 aliphatic heterocycles. The number of ketones is 1. The van der Waals surface area contributed by atoms with Gasteiger partial charge in [0.1, 0.15) is 5.54 Å². The van der Waals surface area contributed by atoms with E-state index in [1.807, 2.05) is 25.1 Å². The number of hydrogen-bond acceptors (Lipinski definition) is 3. The molecule has 1 aromatic carbocycles. The maximum Gasteiger partial charge on any atom is 0.415 e. The molecule has 0 radical (unpaired) electrons. The Balaban J connectivity index is 1.88. The number of ether oxygens (including phenoxy) is 1. The molecule has 1 saturated carbocycles. The van der Waals surface area contributed by atoms with E-state index in [1.165, 1.54) is 0 Å². The maximum atomic E-state index is 12.4. The van der Waals surface area contributed by atoms with Crippen LogP contribution in [-0.4, -0.2) is 24.0 Å². The molecule has 1 spiro atoms. The first-order valence-corrected chi connectivity index (χ1v) is 6.81. The number of hydrogen-bond donors (Lipinski definition) is 0. The van der Waals surface area contributed by atoms with Crippen molar-refractivity contribution in [3.8, 4) is 0 Å². The van der Waals surface area contributed by atoms with Gasteiger partial charge in [-0.25, -0.2) is 4.79 Å². The molecule has 0 bridgehead atoms. The minimum absolute atomic E-state index is 0.0653. The molecule has 1 fully saturated rings. The standard InChI is InChI=1S/C15H17NO3/c1-2-3-10-19-14(18)16-12-7-5-4-6-11(12)13(17)15(16)8-9-15/h4-7H,2-3,8-10H2,1H3. The molecule has 2 aliphatic rings. The van der Waals surface area contributed by atoms with Crippen LogP contribution in [-0.2, 0) is 4.74 Å². The lowest BCUT2D eigenvalue weighted by Gasteiger charge is -2.23. The minimum Gasteiger partial charge on any atom is -0.449 e. The summed E-state index contributed by atoms with van der Waals surface area (Å²) in [7, 11) is 0. The molecule has 1 aromatic rings. The number of Topliss-reactive ketones (excluding diaryl/α,β-unsaturated/α-hetero) is 1. The van der Waals surface area contributed by atoms with Crippen LogP contribution in [0.4, 0.5) is 10.5 Å². The first-order chi connectivity index (χ1) is 9.20. The van der Waals surface area contributed by atoms with Gasteiger partial charge < -0.3 is 4.74 Å². The Kier molecular flexibility index (Phi) is 2.81. The van der Waals surface area contributed by atoms with E-state index in [0.717, 1.165) is 25.7 Å². The molecule has 100 valence electrons. The van der Waals surface area contributed by atoms with Crippen LogP contribution in [0.15, 0.2) is 24.3 Å². The molecule has 19 heavy (non-hydrogen) atoms. The third kappa shape index (κ3) is 1.74. The zero-order valence-electron chi connectivity index (χ0n) is 11.0. The number of unbranched alkanes of at least 4 members (excludes halogenated alkanes) is 1. The monoisotopic (exact) mass is 259 g/mol. The fourth-order valence-electron chi connectivity index (χ4n) is 2.65. The molecule has 3 rings (SSSR count). The van der Waals surface area contributed by atoms with E-state index in [2.05, 4.69) is 0 Å². The first-order valence-electron chi connectivity index (χ1n) is 6.81. The van der Waals surface area contributed by atoms with Crippen molar-refractivity contribution in [3.63, 3.8) is 0 Å². The summed E-state index contributed by atoms with van der Waals surface area (Å²) in [6.07, 6.45) is 2.92. The third-order valence-corrected chi connectivity index (χ3v) is 3.87. The summed E-state index contributed by atoms with van der Waals surface area (Å²) in [4.78, 5) is 26.2. The second-order valence-corrected chi connectivity index (χ2v) is 5.18. The smallest absolute Gasteiger partial charge is 0.415 e. The van der Waals surface area contributed by atoms with Crippen LogP contribution >= 0.6 is 0 Å². The molecule has 0 aromatic heterocycles. The van der Waals surface area contributed by atoms with E-state index >= 15 is 0 Å². The number of rotatable bonds is 3. The van der Waals surface area contributed by atoms with Crippen molar-refractivity contribution in [3.05, 3.63) is 29.8 Å². The molecular formula is C15H17NO3. The molecule has 0 unspecified atom stereocenters. The number of fused-ring (bicyclic) bond motifs is 1. The van der Waals surface area contributed by atoms with Gasteiger partial charge in [0.05, 0.1) is 12.3 Å². The summed E-state index contributed by atoms with van der Waals surface area (Å²) in [5.41, 5.74) is 0.714. The second-order valence-electron chi connectivity index (χ2n) is 5.18. The van der Waals surface area contributed by atoms with Gasteiger partial charge in [-0.1, -0.05) is 25.5 Å². The Hall–Kier alpha value is -1.84. The van der Waals surface area contributed by atoms with E-state index in [-0.39, 0.29) is 11.9 Å². The summed E-state index contributed by atoms with van der Waals surface area (Å²) < 4.78 is 5.28. The summed E-state index contributed by atoms with van der Waals surface area (Å²) in [5, 5.41) is 0. The second kappa shape index (κ2) is 4.37. The van der Waals surface area contributed by atoms with E-state index in [0.29, 0.717) is 17.9 Å². The highest BCUT2D eigenvalue weighted by Crippen LogP contribution is 2.53. The number of carbonyl (C=O) groups is 2. The van der Waals surface area contributed by atoms with Gasteiger partial charge in [0.15, 0.2) is 5.78 Å². The van der Waals surface area contributed by atoms with Gasteiger partial charge >= 0.3 is 6.09 Å². The predicted octanol–water partition coefficient (Wildman–Crippen LogP) is 3.16. The zero-order valence-corrected chi connectivity index (χ0v) is 11.0. The highest BCUT2D eigenvalue weighted by molar-refractivity contribution is 6.21. The van der Waals surface area contributed by atoms with Gasteiger partial charge in [-0.05, 0) is 31.4 Å². The lowest BCUT2D eigenvalue weighted by Crippen LogP contribution is -2.42. The zero-order chi connectivity index (χ0) is 13.5. The number of carbonyl (C=O) groups excluding carboxylic acids is 2. The highest BCUT2D eigenvalue weighted by Gasteiger charge is 2.62. The third-order valence-electron chi connectivity index (χ3n) is 3.87. The van der Waals surface area contributed by atoms with Crippen molar-refractivity contribution in [2.24, 2.45) is 0 Å². The van der Waals surface area contributed by atoms with E-state index < -0.39 is 5.54 Å². The van der Waals surface area contributed by atoms with E-state index in [9.17, 15) is 9.59 Å². The average molecular weight is 259 g/mol. The quantitative estimate of drug-likeness (QED) is 0.783. The van der Waals surface area contributed by atoms with Crippen molar-refractivity contribution in [2.75, 3.05) is 11.5 Å². The highest BCUT2D eigenvalue weighted by atomic mass is 16.6. The normalized spacial score (nSPS) is 18.6. The largest absolute Gasteiger partial charge is 0.449 e. The molecule has 0 atom stereocenters. The molecule has 0 N–H and O–H groups in total. The summed E-state index contributed by atoms with van der Waals surface area (Å²) in [5.74, 6) is 0.0653. The molecule has 1 heterocycles. The van der Waals surface area contributed by atoms with Gasteiger partial charge in [0.2, 0.25) is 0 Å². The van der Waals surface area contributed by atoms with E-state index in [1.54, 1.807) is 11.0 Å². The molecule has 0 saturated heterocycles. The number of anilines is 1. The Morgan fingerprint density at radius 3 is 2.79 bits per heavy atom. The SMILES string of the molecule is CCCCOC(=O)N1c2ccccc2C(=O)C12CC2. The number of amides is 1. The van der Waals surface area contributed by atoms with Crippen LogP contribution < -0.4 is 4.90 Å². The lowest BCUT2D eigenvalue weighted by atomic mass is 10.1. The van der Waals surface area contributed by atoms with Crippen LogP contribution in [0.5, 0.6) is 0 Å². The minimum atomic E-state index is -0.632. The van der Waals surface area contributed by atoms with Crippen molar-refractivity contribution in [1.29, 1.82) is 0 Å². The maximum absolute atomic E-state index is 12.4. The van der Waals surface area contributed by atoms with Gasteiger partial charge in [-0.15, -0.1) is 0 Å². The van der Waals surface area contributed by atoms with Gasteiger partial charge in [-0.3, -0.25) is 9.69 Å². The lowest BCUT2D eigenvalue weighted by molar-refractivity contribution is 0.0947. The molecule has 1 aliphatic carbocycles. The fraction of sp³-hybridized carbons (Fsp3) is 0.467. The van der Waals surface area contributed by atoms with E-state index in [4.69, 9.17) is 4.74 Å². The molecular weight excluding hydrogens is 242 g/mol. The first kappa shape index (κ1) is 12.2. The predicted molar refractivity (Wildman–Crippen MR) is 71.5 cm³/mol. The number of para-hydroxylation sites is 1. The summed E-state index contributed by atoms with van der Waals surface area (Å²) in [6.45, 7) is 2.46. The Labute approximate surface area is 112 Å². The van der Waals surface area contributed by atoms with Gasteiger partial charge in [0, 0.05) is 5.56 Å². The van der Waals surface area contributed by atoms with Crippen LogP contribution in [0.3, 0.4) is 0 Å². The summed E-state index contributed by atoms with van der Waals surface area (Å²) >= 11 is 0. The van der Waals surface area contributed by atoms with Crippen LogP contribution in [0.2, 0.25) is 0 Å². The van der Waals surface area contributed by atoms with Crippen LogP contribution in [0, 0.1) is 0 Å². The van der Waals surface area contributed by atoms with Crippen LogP contribution in [0.25, 0.3) is 0 Å². The average Bonchev–Trinajstić information content (AvgIpc) is 3.16. The van der Waals surface area contributed by atoms with Crippen molar-refractivity contribution >= 4 is 17.6 Å². The Morgan fingerprint density at radius 2 is 2.11 bits per heavy atom. The van der Waals surface area contributed by atoms with Gasteiger partial charge in [-0.2, -0.15) is 0 Å². The molecule has 1 amide bonds.